The molecule has 190 valence electrons. The topological polar surface area (TPSA) is 49.4 Å². The molecule has 0 aliphatic heterocycles. The standard InChI is InChI=1S/C29H32Cl2N2O2S/c1-3-15-32-29(35)27(16-22-7-5-4-6-8-22)33(18-23-11-9-21(2)10-12-23)28(34)20-36-19-24-13-14-25(30)17-26(24)31/h4-14,17,27H,3,15-16,18-20H2,1-2H3,(H,32,35). The normalized spacial score (nSPS) is 11.7. The van der Waals surface area contributed by atoms with Gasteiger partial charge < -0.3 is 10.2 Å². The lowest BCUT2D eigenvalue weighted by molar-refractivity contribution is -0.139. The fraction of sp³-hybridized carbons (Fsp3) is 0.310. The molecule has 3 aromatic rings. The van der Waals surface area contributed by atoms with Gasteiger partial charge in [0.15, 0.2) is 0 Å². The van der Waals surface area contributed by atoms with E-state index in [1.165, 1.54) is 11.8 Å². The molecular weight excluding hydrogens is 511 g/mol. The Labute approximate surface area is 228 Å². The van der Waals surface area contributed by atoms with E-state index in [1.54, 1.807) is 17.0 Å². The van der Waals surface area contributed by atoms with Crippen molar-refractivity contribution in [2.45, 2.75) is 45.0 Å². The quantitative estimate of drug-likeness (QED) is 0.277. The van der Waals surface area contributed by atoms with Gasteiger partial charge in [-0.15, -0.1) is 11.8 Å². The first-order chi connectivity index (χ1) is 17.4. The van der Waals surface area contributed by atoms with Crippen molar-refractivity contribution in [3.63, 3.8) is 0 Å². The summed E-state index contributed by atoms with van der Waals surface area (Å²) in [6.07, 6.45) is 1.27. The van der Waals surface area contributed by atoms with Gasteiger partial charge in [-0.25, -0.2) is 0 Å². The molecule has 0 saturated carbocycles. The van der Waals surface area contributed by atoms with Crippen LogP contribution in [-0.2, 0) is 28.3 Å². The molecule has 1 N–H and O–H groups in total. The fourth-order valence-electron chi connectivity index (χ4n) is 3.78. The van der Waals surface area contributed by atoms with Crippen molar-refractivity contribution in [2.24, 2.45) is 0 Å². The average molecular weight is 544 g/mol. The van der Waals surface area contributed by atoms with Crippen LogP contribution in [0.5, 0.6) is 0 Å². The van der Waals surface area contributed by atoms with E-state index in [0.717, 1.165) is 28.7 Å². The van der Waals surface area contributed by atoms with Crippen LogP contribution in [0.15, 0.2) is 72.8 Å². The number of carbonyl (C=O) groups is 2. The van der Waals surface area contributed by atoms with Crippen molar-refractivity contribution in [2.75, 3.05) is 12.3 Å². The third-order valence-electron chi connectivity index (χ3n) is 5.79. The van der Waals surface area contributed by atoms with Gasteiger partial charge in [0.1, 0.15) is 6.04 Å². The first kappa shape index (κ1) is 28.1. The number of aryl methyl sites for hydroxylation is 1. The van der Waals surface area contributed by atoms with Gasteiger partial charge in [0, 0.05) is 35.3 Å². The molecule has 2 amide bonds. The van der Waals surface area contributed by atoms with Crippen molar-refractivity contribution < 1.29 is 9.59 Å². The minimum atomic E-state index is -0.618. The average Bonchev–Trinajstić information content (AvgIpc) is 2.87. The summed E-state index contributed by atoms with van der Waals surface area (Å²) in [5.41, 5.74) is 4.07. The summed E-state index contributed by atoms with van der Waals surface area (Å²) >= 11 is 13.8. The van der Waals surface area contributed by atoms with Gasteiger partial charge in [-0.1, -0.05) is 96.4 Å². The molecule has 0 spiro atoms. The van der Waals surface area contributed by atoms with Crippen LogP contribution in [0.2, 0.25) is 10.0 Å². The highest BCUT2D eigenvalue weighted by Gasteiger charge is 2.30. The number of hydrogen-bond acceptors (Lipinski definition) is 3. The second-order valence-electron chi connectivity index (χ2n) is 8.73. The molecule has 0 heterocycles. The second kappa shape index (κ2) is 14.3. The Bertz CT molecular complexity index is 1140. The van der Waals surface area contributed by atoms with E-state index in [0.29, 0.717) is 35.3 Å². The lowest BCUT2D eigenvalue weighted by Gasteiger charge is -2.31. The van der Waals surface area contributed by atoms with Crippen LogP contribution in [0, 0.1) is 6.92 Å². The summed E-state index contributed by atoms with van der Waals surface area (Å²) in [6, 6.07) is 22.7. The lowest BCUT2D eigenvalue weighted by Crippen LogP contribution is -2.51. The van der Waals surface area contributed by atoms with Crippen LogP contribution in [0.25, 0.3) is 0 Å². The lowest BCUT2D eigenvalue weighted by atomic mass is 10.0. The zero-order valence-corrected chi connectivity index (χ0v) is 23.0. The number of halogens is 2. The SMILES string of the molecule is CCCNC(=O)C(Cc1ccccc1)N(Cc1ccc(C)cc1)C(=O)CSCc1ccc(Cl)cc1Cl. The van der Waals surface area contributed by atoms with Crippen molar-refractivity contribution in [3.05, 3.63) is 105 Å². The number of benzene rings is 3. The van der Waals surface area contributed by atoms with Gasteiger partial charge in [-0.3, -0.25) is 9.59 Å². The smallest absolute Gasteiger partial charge is 0.243 e. The zero-order valence-electron chi connectivity index (χ0n) is 20.7. The van der Waals surface area contributed by atoms with E-state index in [2.05, 4.69) is 5.32 Å². The van der Waals surface area contributed by atoms with Gasteiger partial charge in [0.25, 0.3) is 0 Å². The van der Waals surface area contributed by atoms with E-state index in [-0.39, 0.29) is 17.6 Å². The number of nitrogens with one attached hydrogen (secondary N) is 1. The summed E-state index contributed by atoms with van der Waals surface area (Å²) in [6.45, 7) is 4.97. The molecule has 7 heteroatoms. The molecule has 3 rings (SSSR count). The van der Waals surface area contributed by atoms with Crippen molar-refractivity contribution in [1.29, 1.82) is 0 Å². The predicted octanol–water partition coefficient (Wildman–Crippen LogP) is 6.70. The van der Waals surface area contributed by atoms with Crippen molar-refractivity contribution >= 4 is 46.8 Å². The molecule has 3 aromatic carbocycles. The molecule has 0 aromatic heterocycles. The highest BCUT2D eigenvalue weighted by molar-refractivity contribution is 7.99. The first-order valence-electron chi connectivity index (χ1n) is 12.1. The highest BCUT2D eigenvalue weighted by atomic mass is 35.5. The third kappa shape index (κ3) is 8.58. The summed E-state index contributed by atoms with van der Waals surface area (Å²) in [5.74, 6) is 0.591. The molecule has 0 saturated heterocycles. The van der Waals surface area contributed by atoms with Crippen LogP contribution in [-0.4, -0.2) is 35.1 Å². The van der Waals surface area contributed by atoms with Gasteiger partial charge in [0.05, 0.1) is 5.75 Å². The number of carbonyl (C=O) groups excluding carboxylic acids is 2. The summed E-state index contributed by atoms with van der Waals surface area (Å²) < 4.78 is 0. The van der Waals surface area contributed by atoms with E-state index < -0.39 is 6.04 Å². The molecule has 4 nitrogen and oxygen atoms in total. The molecule has 1 atom stereocenters. The Morgan fingerprint density at radius 1 is 0.972 bits per heavy atom. The predicted molar refractivity (Wildman–Crippen MR) is 152 cm³/mol. The van der Waals surface area contributed by atoms with Gasteiger partial charge >= 0.3 is 0 Å². The molecule has 0 radical (unpaired) electrons. The largest absolute Gasteiger partial charge is 0.354 e. The third-order valence-corrected chi connectivity index (χ3v) is 7.35. The maximum atomic E-state index is 13.6. The second-order valence-corrected chi connectivity index (χ2v) is 10.6. The molecule has 36 heavy (non-hydrogen) atoms. The van der Waals surface area contributed by atoms with E-state index >= 15 is 0 Å². The number of hydrogen-bond donors (Lipinski definition) is 1. The van der Waals surface area contributed by atoms with E-state index in [4.69, 9.17) is 23.2 Å². The number of rotatable bonds is 12. The maximum Gasteiger partial charge on any atom is 0.243 e. The number of nitrogens with zero attached hydrogens (tertiary/aromatic N) is 1. The Morgan fingerprint density at radius 2 is 1.69 bits per heavy atom. The summed E-state index contributed by atoms with van der Waals surface area (Å²) in [4.78, 5) is 28.7. The van der Waals surface area contributed by atoms with Gasteiger partial charge in [0.2, 0.25) is 11.8 Å². The van der Waals surface area contributed by atoms with Crippen LogP contribution in [0.3, 0.4) is 0 Å². The monoisotopic (exact) mass is 542 g/mol. The Hall–Kier alpha value is -2.47. The highest BCUT2D eigenvalue weighted by Crippen LogP contribution is 2.25. The minimum Gasteiger partial charge on any atom is -0.354 e. The van der Waals surface area contributed by atoms with Crippen molar-refractivity contribution in [1.82, 2.24) is 10.2 Å². The van der Waals surface area contributed by atoms with Crippen LogP contribution in [0.1, 0.15) is 35.6 Å². The van der Waals surface area contributed by atoms with Gasteiger partial charge in [-0.05, 0) is 42.2 Å². The van der Waals surface area contributed by atoms with Gasteiger partial charge in [-0.2, -0.15) is 0 Å². The van der Waals surface area contributed by atoms with Crippen LogP contribution < -0.4 is 5.32 Å². The molecule has 1 unspecified atom stereocenters. The molecule has 0 bridgehead atoms. The Balaban J connectivity index is 1.83. The van der Waals surface area contributed by atoms with Crippen LogP contribution in [0.4, 0.5) is 0 Å². The Morgan fingerprint density at radius 3 is 2.36 bits per heavy atom. The molecule has 0 aliphatic rings. The summed E-state index contributed by atoms with van der Waals surface area (Å²) in [5, 5.41) is 4.17. The number of thioether (sulfide) groups is 1. The fourth-order valence-corrected chi connectivity index (χ4v) is 5.25. The summed E-state index contributed by atoms with van der Waals surface area (Å²) in [7, 11) is 0. The first-order valence-corrected chi connectivity index (χ1v) is 14.0. The molecule has 0 fully saturated rings. The maximum absolute atomic E-state index is 13.6. The molecule has 0 aliphatic carbocycles. The van der Waals surface area contributed by atoms with E-state index in [9.17, 15) is 9.59 Å². The van der Waals surface area contributed by atoms with Crippen LogP contribution >= 0.6 is 35.0 Å². The molecular formula is C29H32Cl2N2O2S. The van der Waals surface area contributed by atoms with E-state index in [1.807, 2.05) is 74.5 Å². The zero-order chi connectivity index (χ0) is 25.9. The number of amides is 2. The van der Waals surface area contributed by atoms with Crippen molar-refractivity contribution in [3.8, 4) is 0 Å². The Kier molecular flexibility index (Phi) is 11.2. The minimum absolute atomic E-state index is 0.0850.